The van der Waals surface area contributed by atoms with Crippen LogP contribution in [0.3, 0.4) is 0 Å². The zero-order valence-corrected chi connectivity index (χ0v) is 12.3. The molecule has 1 aromatic heterocycles. The van der Waals surface area contributed by atoms with E-state index < -0.39 is 0 Å². The van der Waals surface area contributed by atoms with Crippen LogP contribution in [0, 0.1) is 0 Å². The predicted molar refractivity (Wildman–Crippen MR) is 88.8 cm³/mol. The molecule has 0 aliphatic rings. The minimum atomic E-state index is 0.524. The zero-order chi connectivity index (χ0) is 15.0. The SMILES string of the molecule is c1ccc(CNc2ccnc(OCc3ccccc3)c2)cc1. The van der Waals surface area contributed by atoms with Gasteiger partial charge in [0, 0.05) is 24.5 Å². The number of ether oxygens (including phenoxy) is 1. The number of hydrogen-bond donors (Lipinski definition) is 1. The van der Waals surface area contributed by atoms with Crippen molar-refractivity contribution in [2.24, 2.45) is 0 Å². The number of rotatable bonds is 6. The van der Waals surface area contributed by atoms with E-state index in [1.165, 1.54) is 5.56 Å². The Hall–Kier alpha value is -2.81. The summed E-state index contributed by atoms with van der Waals surface area (Å²) in [5.74, 6) is 0.627. The number of aromatic nitrogens is 1. The second kappa shape index (κ2) is 7.27. The second-order valence-corrected chi connectivity index (χ2v) is 5.00. The smallest absolute Gasteiger partial charge is 0.215 e. The lowest BCUT2D eigenvalue weighted by Gasteiger charge is -2.09. The molecular weight excluding hydrogens is 272 g/mol. The number of nitrogens with one attached hydrogen (secondary N) is 1. The van der Waals surface area contributed by atoms with Gasteiger partial charge in [-0.1, -0.05) is 60.7 Å². The summed E-state index contributed by atoms with van der Waals surface area (Å²) in [5.41, 5.74) is 3.37. The molecule has 0 aliphatic heterocycles. The van der Waals surface area contributed by atoms with Gasteiger partial charge in [0.2, 0.25) is 5.88 Å². The molecule has 0 saturated carbocycles. The highest BCUT2D eigenvalue weighted by Gasteiger charge is 2.00. The molecule has 0 spiro atoms. The fourth-order valence-corrected chi connectivity index (χ4v) is 2.13. The van der Waals surface area contributed by atoms with Gasteiger partial charge in [0.15, 0.2) is 0 Å². The molecule has 3 heteroatoms. The van der Waals surface area contributed by atoms with Crippen LogP contribution in [0.5, 0.6) is 5.88 Å². The van der Waals surface area contributed by atoms with Crippen LogP contribution in [-0.4, -0.2) is 4.98 Å². The Morgan fingerprint density at radius 3 is 2.23 bits per heavy atom. The summed E-state index contributed by atoms with van der Waals surface area (Å²) in [6.07, 6.45) is 1.76. The van der Waals surface area contributed by atoms with Crippen LogP contribution in [0.2, 0.25) is 0 Å². The van der Waals surface area contributed by atoms with Gasteiger partial charge < -0.3 is 10.1 Å². The normalized spacial score (nSPS) is 10.2. The largest absolute Gasteiger partial charge is 0.473 e. The molecule has 1 N–H and O–H groups in total. The summed E-state index contributed by atoms with van der Waals surface area (Å²) >= 11 is 0. The van der Waals surface area contributed by atoms with Gasteiger partial charge in [-0.05, 0) is 17.2 Å². The van der Waals surface area contributed by atoms with Crippen molar-refractivity contribution in [1.29, 1.82) is 0 Å². The summed E-state index contributed by atoms with van der Waals surface area (Å²) in [5, 5.41) is 3.38. The van der Waals surface area contributed by atoms with Gasteiger partial charge in [0.1, 0.15) is 6.61 Å². The van der Waals surface area contributed by atoms with Crippen LogP contribution < -0.4 is 10.1 Å². The third-order valence-corrected chi connectivity index (χ3v) is 3.30. The number of anilines is 1. The molecular formula is C19H18N2O. The summed E-state index contributed by atoms with van der Waals surface area (Å²) in [6, 6.07) is 24.2. The molecule has 0 saturated heterocycles. The van der Waals surface area contributed by atoms with E-state index in [1.54, 1.807) is 6.20 Å². The number of benzene rings is 2. The molecule has 0 fully saturated rings. The maximum atomic E-state index is 5.73. The van der Waals surface area contributed by atoms with Crippen LogP contribution in [0.15, 0.2) is 79.0 Å². The lowest BCUT2D eigenvalue weighted by Crippen LogP contribution is -2.01. The van der Waals surface area contributed by atoms with E-state index in [4.69, 9.17) is 4.74 Å². The topological polar surface area (TPSA) is 34.2 Å². The van der Waals surface area contributed by atoms with E-state index >= 15 is 0 Å². The summed E-state index contributed by atoms with van der Waals surface area (Å²) in [6.45, 7) is 1.30. The molecule has 3 nitrogen and oxygen atoms in total. The van der Waals surface area contributed by atoms with Crippen molar-refractivity contribution < 1.29 is 4.74 Å². The van der Waals surface area contributed by atoms with Crippen LogP contribution in [0.4, 0.5) is 5.69 Å². The first-order valence-corrected chi connectivity index (χ1v) is 7.31. The Morgan fingerprint density at radius 1 is 0.818 bits per heavy atom. The van der Waals surface area contributed by atoms with E-state index in [0.29, 0.717) is 12.5 Å². The predicted octanol–water partition coefficient (Wildman–Crippen LogP) is 4.27. The lowest BCUT2D eigenvalue weighted by molar-refractivity contribution is 0.294. The van der Waals surface area contributed by atoms with Gasteiger partial charge in [-0.25, -0.2) is 4.98 Å². The molecule has 0 amide bonds. The Balaban J connectivity index is 1.58. The van der Waals surface area contributed by atoms with E-state index in [2.05, 4.69) is 22.4 Å². The molecule has 0 radical (unpaired) electrons. The number of nitrogens with zero attached hydrogens (tertiary/aromatic N) is 1. The summed E-state index contributed by atoms with van der Waals surface area (Å²) < 4.78 is 5.73. The third-order valence-electron chi connectivity index (χ3n) is 3.30. The Morgan fingerprint density at radius 2 is 1.50 bits per heavy atom. The van der Waals surface area contributed by atoms with Crippen molar-refractivity contribution >= 4 is 5.69 Å². The number of hydrogen-bond acceptors (Lipinski definition) is 3. The van der Waals surface area contributed by atoms with Crippen molar-refractivity contribution in [1.82, 2.24) is 4.98 Å². The first-order valence-electron chi connectivity index (χ1n) is 7.31. The quantitative estimate of drug-likeness (QED) is 0.736. The Kier molecular flexibility index (Phi) is 4.67. The average molecular weight is 290 g/mol. The molecule has 0 atom stereocenters. The Labute approximate surface area is 130 Å². The van der Waals surface area contributed by atoms with E-state index in [0.717, 1.165) is 17.8 Å². The molecule has 0 unspecified atom stereocenters. The number of pyridine rings is 1. The van der Waals surface area contributed by atoms with Crippen molar-refractivity contribution in [3.8, 4) is 5.88 Å². The standard InChI is InChI=1S/C19H18N2O/c1-3-7-16(8-4-1)14-21-18-11-12-20-19(13-18)22-15-17-9-5-2-6-10-17/h1-13H,14-15H2,(H,20,21). The van der Waals surface area contributed by atoms with Gasteiger partial charge in [-0.3, -0.25) is 0 Å². The molecule has 1 heterocycles. The van der Waals surface area contributed by atoms with Crippen LogP contribution in [0.25, 0.3) is 0 Å². The highest BCUT2D eigenvalue weighted by Crippen LogP contribution is 2.16. The van der Waals surface area contributed by atoms with Gasteiger partial charge in [-0.2, -0.15) is 0 Å². The van der Waals surface area contributed by atoms with E-state index in [1.807, 2.05) is 60.7 Å². The van der Waals surface area contributed by atoms with Gasteiger partial charge in [0.25, 0.3) is 0 Å². The second-order valence-electron chi connectivity index (χ2n) is 5.00. The first-order chi connectivity index (χ1) is 10.9. The van der Waals surface area contributed by atoms with Crippen molar-refractivity contribution in [2.75, 3.05) is 5.32 Å². The van der Waals surface area contributed by atoms with Gasteiger partial charge in [0.05, 0.1) is 0 Å². The molecule has 22 heavy (non-hydrogen) atoms. The first kappa shape index (κ1) is 14.1. The monoisotopic (exact) mass is 290 g/mol. The maximum Gasteiger partial charge on any atom is 0.215 e. The minimum absolute atomic E-state index is 0.524. The molecule has 0 bridgehead atoms. The average Bonchev–Trinajstić information content (AvgIpc) is 2.60. The lowest BCUT2D eigenvalue weighted by atomic mass is 10.2. The van der Waals surface area contributed by atoms with Crippen LogP contribution >= 0.6 is 0 Å². The fourth-order valence-electron chi connectivity index (χ4n) is 2.13. The van der Waals surface area contributed by atoms with Crippen molar-refractivity contribution in [3.05, 3.63) is 90.1 Å². The zero-order valence-electron chi connectivity index (χ0n) is 12.3. The minimum Gasteiger partial charge on any atom is -0.473 e. The highest BCUT2D eigenvalue weighted by molar-refractivity contribution is 5.45. The third kappa shape index (κ3) is 4.09. The molecule has 0 aliphatic carbocycles. The fraction of sp³-hybridized carbons (Fsp3) is 0.105. The Bertz CT molecular complexity index is 640. The van der Waals surface area contributed by atoms with Gasteiger partial charge in [-0.15, -0.1) is 0 Å². The molecule has 3 rings (SSSR count). The van der Waals surface area contributed by atoms with Crippen LogP contribution in [-0.2, 0) is 13.2 Å². The van der Waals surface area contributed by atoms with E-state index in [-0.39, 0.29) is 0 Å². The maximum absolute atomic E-state index is 5.73. The van der Waals surface area contributed by atoms with Crippen molar-refractivity contribution in [2.45, 2.75) is 13.2 Å². The summed E-state index contributed by atoms with van der Waals surface area (Å²) in [7, 11) is 0. The highest BCUT2D eigenvalue weighted by atomic mass is 16.5. The summed E-state index contributed by atoms with van der Waals surface area (Å²) in [4.78, 5) is 4.25. The molecule has 3 aromatic rings. The van der Waals surface area contributed by atoms with Crippen LogP contribution in [0.1, 0.15) is 11.1 Å². The van der Waals surface area contributed by atoms with Crippen molar-refractivity contribution in [3.63, 3.8) is 0 Å². The molecule has 110 valence electrons. The van der Waals surface area contributed by atoms with Gasteiger partial charge >= 0.3 is 0 Å². The van der Waals surface area contributed by atoms with E-state index in [9.17, 15) is 0 Å². The molecule has 2 aromatic carbocycles.